The Kier molecular flexibility index (Phi) is 6.78. The average Bonchev–Trinajstić information content (AvgIpc) is 3.38. The van der Waals surface area contributed by atoms with Crippen molar-refractivity contribution in [3.05, 3.63) is 36.3 Å². The fraction of sp³-hybridized carbons (Fsp3) is 0.364. The molecule has 0 aromatic carbocycles. The van der Waals surface area contributed by atoms with Crippen LogP contribution in [-0.2, 0) is 4.79 Å². The van der Waals surface area contributed by atoms with Crippen molar-refractivity contribution < 1.29 is 9.53 Å². The molecule has 10 heteroatoms. The molecule has 1 aliphatic rings. The van der Waals surface area contributed by atoms with Crippen LogP contribution in [0.3, 0.4) is 0 Å². The van der Waals surface area contributed by atoms with Gasteiger partial charge in [0.05, 0.1) is 7.11 Å². The number of likely N-dealkylation sites (tertiary alicyclic amines) is 1. The Morgan fingerprint density at radius 1 is 1.31 bits per heavy atom. The molecule has 0 unspecified atom stereocenters. The minimum atomic E-state index is -0.338. The second kappa shape index (κ2) is 9.90. The van der Waals surface area contributed by atoms with Gasteiger partial charge in [0.1, 0.15) is 0 Å². The molecule has 0 bridgehead atoms. The van der Waals surface area contributed by atoms with Gasteiger partial charge in [-0.3, -0.25) is 0 Å². The van der Waals surface area contributed by atoms with Gasteiger partial charge in [-0.1, -0.05) is 0 Å². The number of methoxy groups -OCH3 is 1. The predicted octanol–water partition coefficient (Wildman–Crippen LogP) is 2.54. The van der Waals surface area contributed by atoms with E-state index < -0.39 is 0 Å². The van der Waals surface area contributed by atoms with Crippen LogP contribution in [0.15, 0.2) is 30.7 Å². The number of rotatable bonds is 7. The van der Waals surface area contributed by atoms with Crippen molar-refractivity contribution in [1.29, 1.82) is 5.26 Å². The molecule has 0 spiro atoms. The molecule has 0 radical (unpaired) electrons. The zero-order valence-corrected chi connectivity index (χ0v) is 19.6. The number of ether oxygens (including phenoxy) is 1. The molecule has 164 valence electrons. The molecule has 9 nitrogen and oxygen atoms in total. The van der Waals surface area contributed by atoms with Gasteiger partial charge in [0.25, 0.3) is 0 Å². The van der Waals surface area contributed by atoms with E-state index in [0.29, 0.717) is 48.6 Å². The molecule has 1 amide bonds. The molecule has 0 aliphatic carbocycles. The number of nitrogens with one attached hydrogen (secondary N) is 1. The Morgan fingerprint density at radius 2 is 2.12 bits per heavy atom. The van der Waals surface area contributed by atoms with Gasteiger partial charge >= 0.3 is 185 Å². The zero-order valence-electron chi connectivity index (χ0n) is 17.9. The summed E-state index contributed by atoms with van der Waals surface area (Å²) in [5.74, 6) is 3.04. The molecule has 0 saturated carbocycles. The fourth-order valence-corrected chi connectivity index (χ4v) is 4.88. The second-order valence-corrected chi connectivity index (χ2v) is 9.27. The van der Waals surface area contributed by atoms with Crippen molar-refractivity contribution in [1.82, 2.24) is 24.8 Å². The van der Waals surface area contributed by atoms with Gasteiger partial charge in [-0.25, -0.2) is 0 Å². The number of nitriles is 1. The molecule has 1 aliphatic heterocycles. The third-order valence-electron chi connectivity index (χ3n) is 5.30. The van der Waals surface area contributed by atoms with E-state index in [0.717, 1.165) is 31.3 Å². The van der Waals surface area contributed by atoms with Gasteiger partial charge in [-0.05, 0) is 0 Å². The van der Waals surface area contributed by atoms with E-state index in [2.05, 4.69) is 32.2 Å². The molecule has 4 heterocycles. The Balaban J connectivity index is 1.69. The van der Waals surface area contributed by atoms with Crippen molar-refractivity contribution in [2.75, 3.05) is 25.5 Å². The van der Waals surface area contributed by atoms with Crippen LogP contribution in [0.25, 0.3) is 22.3 Å². The van der Waals surface area contributed by atoms with E-state index in [-0.39, 0.29) is 17.8 Å². The Bertz CT molecular complexity index is 1170. The molecule has 3 aromatic heterocycles. The van der Waals surface area contributed by atoms with Gasteiger partial charge in [0, 0.05) is 0 Å². The summed E-state index contributed by atoms with van der Waals surface area (Å²) in [6.45, 7) is 1.62. The standard InChI is InChI=1S/C22H23N7O2Se/c1-31-21-14(10-23)9-15(11-24-21)16-5-6-17-19(27-16)20(26-13-25-17)28-18(12-32-2)22(30)29-7-3-4-8-29/h5-6,9,11,13,18H,3-4,7-8,12H2,1-2H3,(H,25,26,28)/t18-/m0/s1. The van der Waals surface area contributed by atoms with Crippen LogP contribution in [0.4, 0.5) is 5.82 Å². The quantitative estimate of drug-likeness (QED) is 0.496. The molecule has 1 saturated heterocycles. The van der Waals surface area contributed by atoms with Crippen LogP contribution < -0.4 is 10.1 Å². The molecular weight excluding hydrogens is 473 g/mol. The summed E-state index contributed by atoms with van der Waals surface area (Å²) in [6.07, 6.45) is 5.20. The van der Waals surface area contributed by atoms with Crippen molar-refractivity contribution in [2.24, 2.45) is 0 Å². The van der Waals surface area contributed by atoms with Crippen LogP contribution in [-0.4, -0.2) is 71.9 Å². The van der Waals surface area contributed by atoms with E-state index in [1.807, 2.05) is 17.0 Å². The number of anilines is 1. The number of nitrogens with zero attached hydrogens (tertiary/aromatic N) is 6. The number of aromatic nitrogens is 4. The maximum atomic E-state index is 13.1. The van der Waals surface area contributed by atoms with Crippen LogP contribution in [0, 0.1) is 11.3 Å². The number of fused-ring (bicyclic) bond motifs is 1. The third kappa shape index (κ3) is 4.49. The number of hydrogen-bond donors (Lipinski definition) is 1. The first-order valence-corrected chi connectivity index (χ1v) is 13.2. The van der Waals surface area contributed by atoms with Crippen LogP contribution in [0.1, 0.15) is 18.4 Å². The maximum absolute atomic E-state index is 13.1. The van der Waals surface area contributed by atoms with E-state index in [1.54, 1.807) is 12.3 Å². The van der Waals surface area contributed by atoms with Crippen molar-refractivity contribution in [3.8, 4) is 23.2 Å². The molecule has 32 heavy (non-hydrogen) atoms. The molecule has 1 fully saturated rings. The van der Waals surface area contributed by atoms with E-state index in [9.17, 15) is 10.1 Å². The first-order valence-electron chi connectivity index (χ1n) is 10.2. The molecular formula is C22H23N7O2Se. The van der Waals surface area contributed by atoms with Crippen molar-refractivity contribution >= 4 is 37.7 Å². The van der Waals surface area contributed by atoms with Crippen LogP contribution in [0.5, 0.6) is 5.88 Å². The summed E-state index contributed by atoms with van der Waals surface area (Å²) in [5, 5.41) is 13.5. The summed E-state index contributed by atoms with van der Waals surface area (Å²) in [5.41, 5.74) is 2.88. The monoisotopic (exact) mass is 497 g/mol. The van der Waals surface area contributed by atoms with E-state index >= 15 is 0 Å². The molecule has 1 N–H and O–H groups in total. The summed E-state index contributed by atoms with van der Waals surface area (Å²) >= 11 is 0.316. The molecule has 4 rings (SSSR count). The normalized spacial score (nSPS) is 14.2. The van der Waals surface area contributed by atoms with Gasteiger partial charge in [-0.2, -0.15) is 0 Å². The average molecular weight is 496 g/mol. The van der Waals surface area contributed by atoms with Crippen LogP contribution in [0.2, 0.25) is 11.1 Å². The Labute approximate surface area is 192 Å². The summed E-state index contributed by atoms with van der Waals surface area (Å²) in [7, 11) is 1.48. The van der Waals surface area contributed by atoms with E-state index in [1.165, 1.54) is 13.4 Å². The first-order chi connectivity index (χ1) is 15.6. The number of hydrogen-bond acceptors (Lipinski definition) is 8. The zero-order chi connectivity index (χ0) is 22.5. The molecule has 3 aromatic rings. The first kappa shape index (κ1) is 21.9. The summed E-state index contributed by atoms with van der Waals surface area (Å²) < 4.78 is 5.13. The number of pyridine rings is 2. The SMILES string of the molecule is COc1ncc(-c2ccc3ncnc(N[C@@H](C[Se]C)C(=O)N4CCCC4)c3n2)cc1C#N. The summed E-state index contributed by atoms with van der Waals surface area (Å²) in [6, 6.07) is 7.12. The number of carbonyl (C=O) groups is 1. The van der Waals surface area contributed by atoms with Gasteiger partial charge in [0.15, 0.2) is 0 Å². The fourth-order valence-electron chi connectivity index (χ4n) is 3.71. The molecule has 1 atom stereocenters. The third-order valence-corrected chi connectivity index (χ3v) is 6.70. The van der Waals surface area contributed by atoms with Crippen molar-refractivity contribution in [3.63, 3.8) is 0 Å². The Morgan fingerprint density at radius 3 is 2.84 bits per heavy atom. The summed E-state index contributed by atoms with van der Waals surface area (Å²) in [4.78, 5) is 32.7. The topological polar surface area (TPSA) is 117 Å². The van der Waals surface area contributed by atoms with Crippen LogP contribution >= 0.6 is 0 Å². The predicted molar refractivity (Wildman–Crippen MR) is 121 cm³/mol. The van der Waals surface area contributed by atoms with Gasteiger partial charge < -0.3 is 0 Å². The number of carbonyl (C=O) groups excluding carboxylic acids is 1. The minimum absolute atomic E-state index is 0.118. The Hall–Kier alpha value is -3.28. The second-order valence-electron chi connectivity index (χ2n) is 7.36. The van der Waals surface area contributed by atoms with Gasteiger partial charge in [0.2, 0.25) is 0 Å². The van der Waals surface area contributed by atoms with Crippen molar-refractivity contribution in [2.45, 2.75) is 30.0 Å². The van der Waals surface area contributed by atoms with E-state index in [4.69, 9.17) is 9.72 Å². The van der Waals surface area contributed by atoms with Gasteiger partial charge in [-0.15, -0.1) is 0 Å². The number of amides is 1.